The van der Waals surface area contributed by atoms with Crippen molar-refractivity contribution in [2.24, 2.45) is 0 Å². The molecule has 0 fully saturated rings. The first kappa shape index (κ1) is 7.61. The Balaban J connectivity index is 2.71. The zero-order valence-corrected chi connectivity index (χ0v) is 7.39. The summed E-state index contributed by atoms with van der Waals surface area (Å²) in [5.41, 5.74) is 1.26. The number of hydrogen-bond donors (Lipinski definition) is 0. The lowest BCUT2D eigenvalue weighted by Gasteiger charge is -1.89. The van der Waals surface area contributed by atoms with Crippen LogP contribution in [0, 0.1) is 0 Å². The average molecular weight is 201 g/mol. The molecule has 1 aromatic rings. The Morgan fingerprint density at radius 3 is 3.10 bits per heavy atom. The average Bonchev–Trinajstić information content (AvgIpc) is 2.40. The molecule has 0 bridgehead atoms. The van der Waals surface area contributed by atoms with Crippen LogP contribution in [0.25, 0.3) is 6.08 Å². The molecule has 0 aliphatic heterocycles. The molecular formula is C8H9BrO. The van der Waals surface area contributed by atoms with E-state index in [9.17, 15) is 0 Å². The first-order valence-corrected chi connectivity index (χ1v) is 4.21. The highest BCUT2D eigenvalue weighted by molar-refractivity contribution is 9.09. The molecule has 1 aromatic heterocycles. The number of hydrogen-bond acceptors (Lipinski definition) is 1. The van der Waals surface area contributed by atoms with Crippen molar-refractivity contribution in [1.82, 2.24) is 0 Å². The van der Waals surface area contributed by atoms with Crippen LogP contribution >= 0.6 is 15.9 Å². The van der Waals surface area contributed by atoms with Gasteiger partial charge in [-0.1, -0.05) is 21.5 Å². The van der Waals surface area contributed by atoms with E-state index in [0.717, 1.165) is 11.1 Å². The molecule has 0 unspecified atom stereocenters. The third kappa shape index (κ3) is 2.03. The molecule has 0 aromatic carbocycles. The molecule has 0 aliphatic rings. The summed E-state index contributed by atoms with van der Waals surface area (Å²) in [6.07, 6.45) is 3.68. The molecular weight excluding hydrogens is 192 g/mol. The molecule has 0 atom stereocenters. The van der Waals surface area contributed by atoms with Gasteiger partial charge < -0.3 is 4.42 Å². The SMILES string of the molecule is CC(=Cc1ccco1)CBr. The van der Waals surface area contributed by atoms with E-state index < -0.39 is 0 Å². The third-order valence-electron chi connectivity index (χ3n) is 1.14. The maximum Gasteiger partial charge on any atom is 0.126 e. The Labute approximate surface area is 68.9 Å². The van der Waals surface area contributed by atoms with Crippen LogP contribution in [0.5, 0.6) is 0 Å². The van der Waals surface area contributed by atoms with E-state index in [1.165, 1.54) is 5.57 Å². The molecule has 0 amide bonds. The number of allylic oxidation sites excluding steroid dienone is 1. The van der Waals surface area contributed by atoms with E-state index in [2.05, 4.69) is 22.9 Å². The fourth-order valence-corrected chi connectivity index (χ4v) is 0.817. The van der Waals surface area contributed by atoms with Gasteiger partial charge in [0.25, 0.3) is 0 Å². The topological polar surface area (TPSA) is 13.1 Å². The van der Waals surface area contributed by atoms with Gasteiger partial charge in [-0.15, -0.1) is 0 Å². The summed E-state index contributed by atoms with van der Waals surface area (Å²) in [5, 5.41) is 0.897. The lowest BCUT2D eigenvalue weighted by atomic mass is 10.3. The molecule has 0 radical (unpaired) electrons. The van der Waals surface area contributed by atoms with Crippen molar-refractivity contribution in [3.63, 3.8) is 0 Å². The molecule has 2 heteroatoms. The van der Waals surface area contributed by atoms with Gasteiger partial charge in [-0.3, -0.25) is 0 Å². The van der Waals surface area contributed by atoms with Gasteiger partial charge in [0.2, 0.25) is 0 Å². The number of alkyl halides is 1. The van der Waals surface area contributed by atoms with E-state index >= 15 is 0 Å². The van der Waals surface area contributed by atoms with E-state index in [-0.39, 0.29) is 0 Å². The molecule has 0 saturated carbocycles. The Bertz CT molecular complexity index is 211. The largest absolute Gasteiger partial charge is 0.465 e. The fourth-order valence-electron chi connectivity index (χ4n) is 0.655. The van der Waals surface area contributed by atoms with Gasteiger partial charge in [0, 0.05) is 5.33 Å². The zero-order valence-electron chi connectivity index (χ0n) is 5.80. The quantitative estimate of drug-likeness (QED) is 0.670. The van der Waals surface area contributed by atoms with Gasteiger partial charge in [-0.2, -0.15) is 0 Å². The van der Waals surface area contributed by atoms with Crippen molar-refractivity contribution in [1.29, 1.82) is 0 Å². The van der Waals surface area contributed by atoms with Crippen LogP contribution in [-0.4, -0.2) is 5.33 Å². The summed E-state index contributed by atoms with van der Waals surface area (Å²) in [4.78, 5) is 0. The second kappa shape index (κ2) is 3.62. The highest BCUT2D eigenvalue weighted by atomic mass is 79.9. The third-order valence-corrected chi connectivity index (χ3v) is 2.03. The Morgan fingerprint density at radius 2 is 2.60 bits per heavy atom. The molecule has 0 spiro atoms. The van der Waals surface area contributed by atoms with Crippen LogP contribution in [0.3, 0.4) is 0 Å². The van der Waals surface area contributed by atoms with Crippen LogP contribution in [-0.2, 0) is 0 Å². The monoisotopic (exact) mass is 200 g/mol. The first-order chi connectivity index (χ1) is 4.83. The number of rotatable bonds is 2. The van der Waals surface area contributed by atoms with Gasteiger partial charge in [-0.05, 0) is 25.1 Å². The van der Waals surface area contributed by atoms with Crippen molar-refractivity contribution >= 4 is 22.0 Å². The van der Waals surface area contributed by atoms with Crippen LogP contribution in [0.15, 0.2) is 28.4 Å². The molecule has 10 heavy (non-hydrogen) atoms. The number of halogens is 1. The van der Waals surface area contributed by atoms with Crippen LogP contribution < -0.4 is 0 Å². The summed E-state index contributed by atoms with van der Waals surface area (Å²) in [7, 11) is 0. The maximum atomic E-state index is 5.11. The van der Waals surface area contributed by atoms with Gasteiger partial charge >= 0.3 is 0 Å². The predicted molar refractivity (Wildman–Crippen MR) is 46.2 cm³/mol. The minimum Gasteiger partial charge on any atom is -0.465 e. The highest BCUT2D eigenvalue weighted by Gasteiger charge is 1.89. The van der Waals surface area contributed by atoms with E-state index in [1.54, 1.807) is 6.26 Å². The standard InChI is InChI=1S/C8H9BrO/c1-7(6-9)5-8-3-2-4-10-8/h2-5H,6H2,1H3. The van der Waals surface area contributed by atoms with Crippen molar-refractivity contribution in [2.45, 2.75) is 6.92 Å². The van der Waals surface area contributed by atoms with Crippen molar-refractivity contribution in [3.8, 4) is 0 Å². The molecule has 0 aliphatic carbocycles. The second-order valence-corrected chi connectivity index (χ2v) is 2.70. The molecule has 1 rings (SSSR count). The summed E-state index contributed by atoms with van der Waals surface area (Å²) in [6.45, 7) is 2.05. The molecule has 1 heterocycles. The Kier molecular flexibility index (Phi) is 2.75. The van der Waals surface area contributed by atoms with E-state index in [1.807, 2.05) is 18.2 Å². The molecule has 1 nitrogen and oxygen atoms in total. The van der Waals surface area contributed by atoms with Crippen LogP contribution in [0.4, 0.5) is 0 Å². The Morgan fingerprint density at radius 1 is 1.80 bits per heavy atom. The van der Waals surface area contributed by atoms with Crippen molar-refractivity contribution in [3.05, 3.63) is 29.7 Å². The summed E-state index contributed by atoms with van der Waals surface area (Å²) in [6, 6.07) is 3.82. The van der Waals surface area contributed by atoms with Crippen molar-refractivity contribution < 1.29 is 4.42 Å². The maximum absolute atomic E-state index is 5.11. The summed E-state index contributed by atoms with van der Waals surface area (Å²) in [5.74, 6) is 0.914. The molecule has 0 N–H and O–H groups in total. The smallest absolute Gasteiger partial charge is 0.126 e. The van der Waals surface area contributed by atoms with Gasteiger partial charge in [0.05, 0.1) is 6.26 Å². The van der Waals surface area contributed by atoms with Gasteiger partial charge in [0.1, 0.15) is 5.76 Å². The fraction of sp³-hybridized carbons (Fsp3) is 0.250. The second-order valence-electron chi connectivity index (χ2n) is 2.14. The zero-order chi connectivity index (χ0) is 7.40. The van der Waals surface area contributed by atoms with Gasteiger partial charge in [0.15, 0.2) is 0 Å². The minimum atomic E-state index is 0.897. The lowest BCUT2D eigenvalue weighted by Crippen LogP contribution is -1.73. The number of furan rings is 1. The Hall–Kier alpha value is -0.500. The molecule has 0 saturated heterocycles. The van der Waals surface area contributed by atoms with Crippen LogP contribution in [0.2, 0.25) is 0 Å². The molecule has 54 valence electrons. The van der Waals surface area contributed by atoms with Crippen LogP contribution in [0.1, 0.15) is 12.7 Å². The summed E-state index contributed by atoms with van der Waals surface area (Å²) < 4.78 is 5.11. The lowest BCUT2D eigenvalue weighted by molar-refractivity contribution is 0.556. The van der Waals surface area contributed by atoms with Crippen molar-refractivity contribution in [2.75, 3.05) is 5.33 Å². The normalized spacial score (nSPS) is 12.0. The predicted octanol–water partition coefficient (Wildman–Crippen LogP) is 3.08. The summed E-state index contributed by atoms with van der Waals surface area (Å²) >= 11 is 3.35. The van der Waals surface area contributed by atoms with E-state index in [0.29, 0.717) is 0 Å². The highest BCUT2D eigenvalue weighted by Crippen LogP contribution is 2.08. The van der Waals surface area contributed by atoms with E-state index in [4.69, 9.17) is 4.42 Å². The van der Waals surface area contributed by atoms with Gasteiger partial charge in [-0.25, -0.2) is 0 Å². The minimum absolute atomic E-state index is 0.897. The first-order valence-electron chi connectivity index (χ1n) is 3.09.